The molecule has 0 aliphatic carbocycles. The summed E-state index contributed by atoms with van der Waals surface area (Å²) < 4.78 is 11.5. The maximum absolute atomic E-state index is 12.3. The van der Waals surface area contributed by atoms with Crippen LogP contribution in [0.1, 0.15) is 33.3 Å². The fourth-order valence-electron chi connectivity index (χ4n) is 3.04. The van der Waals surface area contributed by atoms with Gasteiger partial charge in [0.15, 0.2) is 6.10 Å². The first kappa shape index (κ1) is 20.7. The fraction of sp³-hybridized carbons (Fsp3) is 0.320. The Balaban J connectivity index is 1.43. The fourth-order valence-corrected chi connectivity index (χ4v) is 3.04. The Morgan fingerprint density at radius 3 is 2.28 bits per heavy atom. The maximum atomic E-state index is 12.3. The summed E-state index contributed by atoms with van der Waals surface area (Å²) in [5.74, 6) is 1.32. The quantitative estimate of drug-likeness (QED) is 0.570. The van der Waals surface area contributed by atoms with Gasteiger partial charge in [-0.25, -0.2) is 0 Å². The molecule has 0 saturated heterocycles. The number of benzene rings is 3. The molecule has 1 amide bonds. The predicted octanol–water partition coefficient (Wildman–Crippen LogP) is 5.10. The molecule has 0 aliphatic heterocycles. The van der Waals surface area contributed by atoms with Crippen LogP contribution >= 0.6 is 0 Å². The average molecular weight is 392 g/mol. The van der Waals surface area contributed by atoms with Crippen molar-refractivity contribution in [2.75, 3.05) is 13.2 Å². The maximum Gasteiger partial charge on any atom is 0.260 e. The molecule has 0 spiro atoms. The molecule has 4 nitrogen and oxygen atoms in total. The SMILES string of the molecule is CC(Oc1ccc2ccccc2c1)C(=O)NCCOc1ccc(C(C)(C)C)cc1. The highest BCUT2D eigenvalue weighted by atomic mass is 16.5. The zero-order valence-electron chi connectivity index (χ0n) is 17.6. The molecule has 152 valence electrons. The molecule has 4 heteroatoms. The van der Waals surface area contributed by atoms with Crippen LogP contribution in [0.5, 0.6) is 11.5 Å². The van der Waals surface area contributed by atoms with E-state index in [0.717, 1.165) is 16.5 Å². The van der Waals surface area contributed by atoms with Crippen LogP contribution in [0.3, 0.4) is 0 Å². The third-order valence-electron chi connectivity index (χ3n) is 4.79. The van der Waals surface area contributed by atoms with E-state index in [0.29, 0.717) is 18.9 Å². The minimum absolute atomic E-state index is 0.119. The van der Waals surface area contributed by atoms with Crippen LogP contribution < -0.4 is 14.8 Å². The molecule has 0 radical (unpaired) electrons. The second-order valence-electron chi connectivity index (χ2n) is 8.18. The summed E-state index contributed by atoms with van der Waals surface area (Å²) in [5, 5.41) is 5.09. The lowest BCUT2D eigenvalue weighted by molar-refractivity contribution is -0.127. The summed E-state index contributed by atoms with van der Waals surface area (Å²) >= 11 is 0. The van der Waals surface area contributed by atoms with Gasteiger partial charge >= 0.3 is 0 Å². The molecule has 0 saturated carbocycles. The first-order chi connectivity index (χ1) is 13.8. The van der Waals surface area contributed by atoms with Crippen molar-refractivity contribution in [1.82, 2.24) is 5.32 Å². The average Bonchev–Trinajstić information content (AvgIpc) is 2.70. The van der Waals surface area contributed by atoms with E-state index in [4.69, 9.17) is 9.47 Å². The van der Waals surface area contributed by atoms with Gasteiger partial charge in [0.2, 0.25) is 0 Å². The van der Waals surface area contributed by atoms with Crippen molar-refractivity contribution in [3.8, 4) is 11.5 Å². The number of hydrogen-bond donors (Lipinski definition) is 1. The first-order valence-electron chi connectivity index (χ1n) is 9.99. The molecule has 0 heterocycles. The number of carbonyl (C=O) groups excluding carboxylic acids is 1. The number of rotatable bonds is 7. The van der Waals surface area contributed by atoms with Crippen LogP contribution in [0, 0.1) is 0 Å². The third kappa shape index (κ3) is 5.74. The number of amides is 1. The van der Waals surface area contributed by atoms with Gasteiger partial charge in [0.05, 0.1) is 6.54 Å². The van der Waals surface area contributed by atoms with Crippen LogP contribution in [0.15, 0.2) is 66.7 Å². The van der Waals surface area contributed by atoms with Gasteiger partial charge in [-0.3, -0.25) is 4.79 Å². The molecular weight excluding hydrogens is 362 g/mol. The molecule has 29 heavy (non-hydrogen) atoms. The molecule has 0 fully saturated rings. The van der Waals surface area contributed by atoms with Gasteiger partial charge in [0.1, 0.15) is 18.1 Å². The summed E-state index contributed by atoms with van der Waals surface area (Å²) in [6, 6.07) is 22.0. The smallest absolute Gasteiger partial charge is 0.260 e. The number of nitrogens with one attached hydrogen (secondary N) is 1. The van der Waals surface area contributed by atoms with E-state index in [-0.39, 0.29) is 11.3 Å². The molecule has 3 aromatic carbocycles. The van der Waals surface area contributed by atoms with Gasteiger partial charge in [-0.2, -0.15) is 0 Å². The second-order valence-corrected chi connectivity index (χ2v) is 8.18. The Kier molecular flexibility index (Phi) is 6.42. The van der Waals surface area contributed by atoms with Crippen LogP contribution in [-0.2, 0) is 10.2 Å². The van der Waals surface area contributed by atoms with Gasteiger partial charge in [0, 0.05) is 0 Å². The first-order valence-corrected chi connectivity index (χ1v) is 9.99. The Hall–Kier alpha value is -3.01. The van der Waals surface area contributed by atoms with Gasteiger partial charge in [-0.15, -0.1) is 0 Å². The van der Waals surface area contributed by atoms with Crippen LogP contribution in [0.4, 0.5) is 0 Å². The minimum Gasteiger partial charge on any atom is -0.492 e. The minimum atomic E-state index is -0.581. The number of hydrogen-bond acceptors (Lipinski definition) is 3. The lowest BCUT2D eigenvalue weighted by Gasteiger charge is -2.19. The van der Waals surface area contributed by atoms with E-state index < -0.39 is 6.10 Å². The summed E-state index contributed by atoms with van der Waals surface area (Å²) in [5.41, 5.74) is 1.38. The highest BCUT2D eigenvalue weighted by Gasteiger charge is 2.15. The second kappa shape index (κ2) is 8.99. The van der Waals surface area contributed by atoms with E-state index >= 15 is 0 Å². The molecule has 0 bridgehead atoms. The summed E-state index contributed by atoms with van der Waals surface area (Å²) in [6.45, 7) is 9.11. The van der Waals surface area contributed by atoms with Crippen molar-refractivity contribution in [2.45, 2.75) is 39.2 Å². The lowest BCUT2D eigenvalue weighted by atomic mass is 9.87. The highest BCUT2D eigenvalue weighted by molar-refractivity contribution is 5.84. The molecule has 1 unspecified atom stereocenters. The van der Waals surface area contributed by atoms with E-state index in [2.05, 4.69) is 38.2 Å². The van der Waals surface area contributed by atoms with Crippen molar-refractivity contribution in [3.05, 3.63) is 72.3 Å². The van der Waals surface area contributed by atoms with E-state index in [1.165, 1.54) is 5.56 Å². The van der Waals surface area contributed by atoms with Crippen molar-refractivity contribution >= 4 is 16.7 Å². The monoisotopic (exact) mass is 391 g/mol. The van der Waals surface area contributed by atoms with Gasteiger partial charge in [-0.05, 0) is 52.9 Å². The zero-order valence-corrected chi connectivity index (χ0v) is 17.6. The number of fused-ring (bicyclic) bond motifs is 1. The number of carbonyl (C=O) groups is 1. The molecule has 3 rings (SSSR count). The van der Waals surface area contributed by atoms with Crippen LogP contribution in [0.2, 0.25) is 0 Å². The van der Waals surface area contributed by atoms with Crippen LogP contribution in [-0.4, -0.2) is 25.2 Å². The van der Waals surface area contributed by atoms with E-state index in [1.807, 2.05) is 54.6 Å². The third-order valence-corrected chi connectivity index (χ3v) is 4.79. The Morgan fingerprint density at radius 1 is 0.931 bits per heavy atom. The van der Waals surface area contributed by atoms with Gasteiger partial charge in [-0.1, -0.05) is 63.2 Å². The molecule has 1 atom stereocenters. The Labute approximate surface area is 172 Å². The van der Waals surface area contributed by atoms with Gasteiger partial charge < -0.3 is 14.8 Å². The van der Waals surface area contributed by atoms with Crippen molar-refractivity contribution < 1.29 is 14.3 Å². The van der Waals surface area contributed by atoms with E-state index in [9.17, 15) is 4.79 Å². The summed E-state index contributed by atoms with van der Waals surface area (Å²) in [7, 11) is 0. The molecule has 1 N–H and O–H groups in total. The highest BCUT2D eigenvalue weighted by Crippen LogP contribution is 2.24. The molecule has 3 aromatic rings. The largest absolute Gasteiger partial charge is 0.492 e. The van der Waals surface area contributed by atoms with Crippen molar-refractivity contribution in [1.29, 1.82) is 0 Å². The summed E-state index contributed by atoms with van der Waals surface area (Å²) in [4.78, 5) is 12.3. The normalized spacial score (nSPS) is 12.4. The predicted molar refractivity (Wildman–Crippen MR) is 118 cm³/mol. The molecular formula is C25H29NO3. The van der Waals surface area contributed by atoms with Crippen LogP contribution in [0.25, 0.3) is 10.8 Å². The van der Waals surface area contributed by atoms with Crippen molar-refractivity contribution in [3.63, 3.8) is 0 Å². The topological polar surface area (TPSA) is 47.6 Å². The molecule has 0 aromatic heterocycles. The Morgan fingerprint density at radius 2 is 1.59 bits per heavy atom. The summed E-state index contributed by atoms with van der Waals surface area (Å²) in [6.07, 6.45) is -0.581. The van der Waals surface area contributed by atoms with Crippen molar-refractivity contribution in [2.24, 2.45) is 0 Å². The molecule has 0 aliphatic rings. The van der Waals surface area contributed by atoms with Gasteiger partial charge in [0.25, 0.3) is 5.91 Å². The standard InChI is InChI=1S/C25H29NO3/c1-18(29-23-12-9-19-7-5-6-8-20(19)17-23)24(27)26-15-16-28-22-13-10-21(11-14-22)25(2,3)4/h5-14,17-18H,15-16H2,1-4H3,(H,26,27). The van der Waals surface area contributed by atoms with E-state index in [1.54, 1.807) is 6.92 Å². The number of ether oxygens (including phenoxy) is 2. The zero-order chi connectivity index (χ0) is 20.9. The Bertz CT molecular complexity index is 958. The lowest BCUT2D eigenvalue weighted by Crippen LogP contribution is -2.38.